The predicted molar refractivity (Wildman–Crippen MR) is 122 cm³/mol. The van der Waals surface area contributed by atoms with Crippen LogP contribution in [0.4, 0.5) is 5.69 Å². The highest BCUT2D eigenvalue weighted by Crippen LogP contribution is 2.38. The summed E-state index contributed by atoms with van der Waals surface area (Å²) in [5.74, 6) is 0.797. The highest BCUT2D eigenvalue weighted by molar-refractivity contribution is 7.99. The van der Waals surface area contributed by atoms with Crippen molar-refractivity contribution in [3.8, 4) is 5.75 Å². The maximum Gasteiger partial charge on any atom is 0.263 e. The monoisotopic (exact) mass is 448 g/mol. The van der Waals surface area contributed by atoms with Gasteiger partial charge in [0.25, 0.3) is 5.91 Å². The van der Waals surface area contributed by atoms with E-state index in [-0.39, 0.29) is 17.9 Å². The number of hydrogen-bond acceptors (Lipinski definition) is 5. The van der Waals surface area contributed by atoms with Crippen molar-refractivity contribution >= 4 is 33.4 Å². The van der Waals surface area contributed by atoms with Crippen LogP contribution in [0.5, 0.6) is 5.75 Å². The molecule has 0 saturated carbocycles. The zero-order valence-electron chi connectivity index (χ0n) is 17.7. The Bertz CT molecular complexity index is 1000. The minimum absolute atomic E-state index is 0.0446. The van der Waals surface area contributed by atoms with Crippen LogP contribution in [0.15, 0.2) is 53.4 Å². The van der Waals surface area contributed by atoms with Gasteiger partial charge in [-0.05, 0) is 35.2 Å². The van der Waals surface area contributed by atoms with Crippen LogP contribution in [0.3, 0.4) is 0 Å². The second kappa shape index (κ2) is 8.89. The number of ether oxygens (including phenoxy) is 1. The molecule has 0 spiro atoms. The van der Waals surface area contributed by atoms with Gasteiger partial charge in [0, 0.05) is 17.2 Å². The van der Waals surface area contributed by atoms with E-state index in [1.54, 1.807) is 17.8 Å². The van der Waals surface area contributed by atoms with Crippen molar-refractivity contribution < 1.29 is 17.9 Å². The van der Waals surface area contributed by atoms with Crippen LogP contribution in [-0.2, 0) is 20.2 Å². The molecule has 0 saturated heterocycles. The molecule has 1 heterocycles. The summed E-state index contributed by atoms with van der Waals surface area (Å²) >= 11 is 1.64. The van der Waals surface area contributed by atoms with Gasteiger partial charge < -0.3 is 10.1 Å². The fraction of sp³-hybridized carbons (Fsp3) is 0.409. The van der Waals surface area contributed by atoms with Gasteiger partial charge in [-0.25, -0.2) is 8.42 Å². The van der Waals surface area contributed by atoms with Crippen LogP contribution in [0.2, 0.25) is 0 Å². The molecule has 1 atom stereocenters. The molecule has 162 valence electrons. The Morgan fingerprint density at radius 2 is 1.90 bits per heavy atom. The second-order valence-electron chi connectivity index (χ2n) is 8.29. The zero-order chi connectivity index (χ0) is 21.9. The van der Waals surface area contributed by atoms with Crippen molar-refractivity contribution in [1.29, 1.82) is 0 Å². The first kappa shape index (κ1) is 22.5. The summed E-state index contributed by atoms with van der Waals surface area (Å²) < 4.78 is 32.0. The first-order chi connectivity index (χ1) is 14.1. The quantitative estimate of drug-likeness (QED) is 0.541. The molecule has 0 unspecified atom stereocenters. The number of hydrogen-bond donors (Lipinski definition) is 1. The Morgan fingerprint density at radius 1 is 1.20 bits per heavy atom. The lowest BCUT2D eigenvalue weighted by Crippen LogP contribution is -2.50. The standard InChI is InChI=1S/C22H28N2O4S2/c1-22(2,3)16-10-11-19-18(14-16)24(30(4,26)27)15-20(28-19)21(25)23-12-13-29-17-8-6-5-7-9-17/h5-11,14,20H,12-13,15H2,1-4H3,(H,23,25)/t20-/m0/s1. The summed E-state index contributed by atoms with van der Waals surface area (Å²) in [7, 11) is -3.56. The molecule has 1 aliphatic rings. The normalized spacial score (nSPS) is 16.5. The third-order valence-electron chi connectivity index (χ3n) is 4.80. The molecule has 2 aromatic rings. The van der Waals surface area contributed by atoms with Crippen LogP contribution >= 0.6 is 11.8 Å². The number of fused-ring (bicyclic) bond motifs is 1. The van der Waals surface area contributed by atoms with Gasteiger partial charge in [0.15, 0.2) is 6.10 Å². The number of benzene rings is 2. The molecular formula is C22H28N2O4S2. The average molecular weight is 449 g/mol. The SMILES string of the molecule is CC(C)(C)c1ccc2c(c1)N(S(C)(=O)=O)C[C@@H](C(=O)NCCSc1ccccc1)O2. The predicted octanol–water partition coefficient (Wildman–Crippen LogP) is 3.42. The van der Waals surface area contributed by atoms with Gasteiger partial charge in [0.2, 0.25) is 10.0 Å². The molecule has 0 fully saturated rings. The summed E-state index contributed by atoms with van der Waals surface area (Å²) in [5.41, 5.74) is 1.34. The fourth-order valence-corrected chi connectivity index (χ4v) is 4.84. The van der Waals surface area contributed by atoms with E-state index in [0.29, 0.717) is 23.7 Å². The lowest BCUT2D eigenvalue weighted by molar-refractivity contribution is -0.127. The lowest BCUT2D eigenvalue weighted by atomic mass is 9.86. The Hall–Kier alpha value is -2.19. The summed E-state index contributed by atoms with van der Waals surface area (Å²) in [6, 6.07) is 15.4. The Morgan fingerprint density at radius 3 is 2.53 bits per heavy atom. The number of amides is 1. The largest absolute Gasteiger partial charge is 0.476 e. The molecule has 8 heteroatoms. The van der Waals surface area contributed by atoms with Crippen LogP contribution in [-0.4, -0.2) is 45.5 Å². The first-order valence-electron chi connectivity index (χ1n) is 9.80. The number of thioether (sulfide) groups is 1. The zero-order valence-corrected chi connectivity index (χ0v) is 19.3. The number of carbonyl (C=O) groups is 1. The molecule has 1 N–H and O–H groups in total. The smallest absolute Gasteiger partial charge is 0.263 e. The third-order valence-corrected chi connectivity index (χ3v) is 6.96. The fourth-order valence-electron chi connectivity index (χ4n) is 3.14. The number of nitrogens with one attached hydrogen (secondary N) is 1. The summed E-state index contributed by atoms with van der Waals surface area (Å²) in [5, 5.41) is 2.85. The highest BCUT2D eigenvalue weighted by Gasteiger charge is 2.35. The van der Waals surface area contributed by atoms with Crippen molar-refractivity contribution in [2.45, 2.75) is 37.2 Å². The molecule has 3 rings (SSSR count). The third kappa shape index (κ3) is 5.49. The molecule has 6 nitrogen and oxygen atoms in total. The molecule has 2 aromatic carbocycles. The minimum atomic E-state index is -3.56. The Labute approximate surface area is 183 Å². The van der Waals surface area contributed by atoms with Gasteiger partial charge in [-0.15, -0.1) is 11.8 Å². The van der Waals surface area contributed by atoms with E-state index >= 15 is 0 Å². The maximum atomic E-state index is 12.7. The van der Waals surface area contributed by atoms with Gasteiger partial charge in [0.05, 0.1) is 18.5 Å². The van der Waals surface area contributed by atoms with Crippen LogP contribution in [0.1, 0.15) is 26.3 Å². The molecule has 0 bridgehead atoms. The summed E-state index contributed by atoms with van der Waals surface area (Å²) in [4.78, 5) is 13.8. The van der Waals surface area contributed by atoms with Crippen molar-refractivity contribution in [2.24, 2.45) is 0 Å². The number of rotatable bonds is 6. The van der Waals surface area contributed by atoms with Gasteiger partial charge in [0.1, 0.15) is 5.75 Å². The number of nitrogens with zero attached hydrogens (tertiary/aromatic N) is 1. The molecule has 30 heavy (non-hydrogen) atoms. The molecular weight excluding hydrogens is 420 g/mol. The topological polar surface area (TPSA) is 75.7 Å². The van der Waals surface area contributed by atoms with Crippen LogP contribution in [0, 0.1) is 0 Å². The second-order valence-corrected chi connectivity index (χ2v) is 11.4. The van der Waals surface area contributed by atoms with Gasteiger partial charge in [-0.1, -0.05) is 45.0 Å². The van der Waals surface area contributed by atoms with E-state index in [2.05, 4.69) is 26.1 Å². The van der Waals surface area contributed by atoms with Crippen molar-refractivity contribution in [3.05, 3.63) is 54.1 Å². The van der Waals surface area contributed by atoms with E-state index in [4.69, 9.17) is 4.74 Å². The van der Waals surface area contributed by atoms with Gasteiger partial charge in [-0.3, -0.25) is 9.10 Å². The van der Waals surface area contributed by atoms with Crippen molar-refractivity contribution in [2.75, 3.05) is 29.4 Å². The van der Waals surface area contributed by atoms with Crippen LogP contribution in [0.25, 0.3) is 0 Å². The minimum Gasteiger partial charge on any atom is -0.476 e. The molecule has 0 aromatic heterocycles. The van der Waals surface area contributed by atoms with Crippen LogP contribution < -0.4 is 14.4 Å². The van der Waals surface area contributed by atoms with Crippen molar-refractivity contribution in [3.63, 3.8) is 0 Å². The van der Waals surface area contributed by atoms with E-state index < -0.39 is 16.1 Å². The lowest BCUT2D eigenvalue weighted by Gasteiger charge is -2.35. The maximum absolute atomic E-state index is 12.7. The first-order valence-corrected chi connectivity index (χ1v) is 12.6. The Balaban J connectivity index is 1.69. The van der Waals surface area contributed by atoms with Gasteiger partial charge >= 0.3 is 0 Å². The average Bonchev–Trinajstić information content (AvgIpc) is 2.69. The molecule has 1 aliphatic heterocycles. The molecule has 0 radical (unpaired) electrons. The number of sulfonamides is 1. The van der Waals surface area contributed by atoms with E-state index in [0.717, 1.165) is 16.7 Å². The van der Waals surface area contributed by atoms with Gasteiger partial charge in [-0.2, -0.15) is 0 Å². The summed E-state index contributed by atoms with van der Waals surface area (Å²) in [6.45, 7) is 6.61. The molecule has 0 aliphatic carbocycles. The number of anilines is 1. The van der Waals surface area contributed by atoms with E-state index in [1.165, 1.54) is 4.31 Å². The highest BCUT2D eigenvalue weighted by atomic mass is 32.2. The summed E-state index contributed by atoms with van der Waals surface area (Å²) in [6.07, 6.45) is 0.256. The van der Waals surface area contributed by atoms with E-state index in [1.807, 2.05) is 42.5 Å². The van der Waals surface area contributed by atoms with Crippen molar-refractivity contribution in [1.82, 2.24) is 5.32 Å². The number of carbonyl (C=O) groups excluding carboxylic acids is 1. The molecule has 1 amide bonds. The van der Waals surface area contributed by atoms with E-state index in [9.17, 15) is 13.2 Å². The Kier molecular flexibility index (Phi) is 6.67.